The first-order valence-corrected chi connectivity index (χ1v) is 6.48. The van der Waals surface area contributed by atoms with Crippen molar-refractivity contribution in [2.45, 2.75) is 26.4 Å². The van der Waals surface area contributed by atoms with Gasteiger partial charge in [0.2, 0.25) is 5.88 Å². The second-order valence-electron chi connectivity index (χ2n) is 5.46. The molecule has 0 aliphatic carbocycles. The molecular formula is C16H16N2O3. The van der Waals surface area contributed by atoms with Gasteiger partial charge in [-0.1, -0.05) is 30.3 Å². The Morgan fingerprint density at radius 3 is 2.52 bits per heavy atom. The van der Waals surface area contributed by atoms with E-state index < -0.39 is 11.7 Å². The third-order valence-corrected chi connectivity index (χ3v) is 2.53. The van der Waals surface area contributed by atoms with Crippen molar-refractivity contribution in [3.05, 3.63) is 42.0 Å². The maximum absolute atomic E-state index is 11.7. The maximum atomic E-state index is 11.7. The minimum Gasteiger partial charge on any atom is -0.444 e. The molecule has 0 radical (unpaired) electrons. The summed E-state index contributed by atoms with van der Waals surface area (Å²) in [5, 5.41) is 11.6. The van der Waals surface area contributed by atoms with Crippen LogP contribution in [0.2, 0.25) is 0 Å². The average Bonchev–Trinajstić information content (AvgIpc) is 2.80. The SMILES string of the molecule is CC(C)(C)OC(=O)Nc1oc(-c2ccccc2)cc1C#N. The number of carbonyl (C=O) groups excluding carboxylic acids is 1. The molecule has 5 heteroatoms. The summed E-state index contributed by atoms with van der Waals surface area (Å²) >= 11 is 0. The van der Waals surface area contributed by atoms with Crippen molar-refractivity contribution in [1.29, 1.82) is 5.26 Å². The molecule has 0 saturated heterocycles. The number of carbonyl (C=O) groups is 1. The van der Waals surface area contributed by atoms with E-state index in [0.29, 0.717) is 5.76 Å². The Morgan fingerprint density at radius 2 is 1.95 bits per heavy atom. The van der Waals surface area contributed by atoms with Crippen LogP contribution in [-0.2, 0) is 4.74 Å². The van der Waals surface area contributed by atoms with Crippen molar-refractivity contribution >= 4 is 12.0 Å². The maximum Gasteiger partial charge on any atom is 0.414 e. The Morgan fingerprint density at radius 1 is 1.29 bits per heavy atom. The van der Waals surface area contributed by atoms with E-state index in [0.717, 1.165) is 5.56 Å². The van der Waals surface area contributed by atoms with Gasteiger partial charge in [-0.15, -0.1) is 0 Å². The normalized spacial score (nSPS) is 10.8. The second kappa shape index (κ2) is 5.71. The smallest absolute Gasteiger partial charge is 0.414 e. The molecule has 0 bridgehead atoms. The summed E-state index contributed by atoms with van der Waals surface area (Å²) in [6.45, 7) is 5.28. The number of hydrogen-bond acceptors (Lipinski definition) is 4. The van der Waals surface area contributed by atoms with Crippen molar-refractivity contribution in [1.82, 2.24) is 0 Å². The number of nitrogens with zero attached hydrogens (tertiary/aromatic N) is 1. The van der Waals surface area contributed by atoms with Gasteiger partial charge in [-0.2, -0.15) is 5.26 Å². The number of nitrogens with one attached hydrogen (secondary N) is 1. The van der Waals surface area contributed by atoms with Gasteiger partial charge >= 0.3 is 6.09 Å². The van der Waals surface area contributed by atoms with Gasteiger partial charge in [-0.05, 0) is 20.8 Å². The highest BCUT2D eigenvalue weighted by Gasteiger charge is 2.20. The molecule has 0 aliphatic rings. The number of ether oxygens (including phenoxy) is 1. The first-order chi connectivity index (χ1) is 9.89. The number of benzene rings is 1. The van der Waals surface area contributed by atoms with Crippen molar-refractivity contribution in [2.75, 3.05) is 5.32 Å². The monoisotopic (exact) mass is 284 g/mol. The van der Waals surface area contributed by atoms with E-state index in [2.05, 4.69) is 5.32 Å². The van der Waals surface area contributed by atoms with Gasteiger partial charge in [0.1, 0.15) is 23.0 Å². The molecule has 5 nitrogen and oxygen atoms in total. The Kier molecular flexibility index (Phi) is 3.99. The summed E-state index contributed by atoms with van der Waals surface area (Å²) in [5.74, 6) is 0.601. The van der Waals surface area contributed by atoms with E-state index in [1.54, 1.807) is 26.8 Å². The van der Waals surface area contributed by atoms with E-state index in [4.69, 9.17) is 14.4 Å². The third kappa shape index (κ3) is 3.86. The van der Waals surface area contributed by atoms with E-state index in [9.17, 15) is 4.79 Å². The largest absolute Gasteiger partial charge is 0.444 e. The molecule has 0 unspecified atom stereocenters. The van der Waals surface area contributed by atoms with Crippen LogP contribution in [0.5, 0.6) is 0 Å². The highest BCUT2D eigenvalue weighted by atomic mass is 16.6. The highest BCUT2D eigenvalue weighted by Crippen LogP contribution is 2.28. The number of furan rings is 1. The Hall–Kier alpha value is -2.74. The quantitative estimate of drug-likeness (QED) is 0.898. The summed E-state index contributed by atoms with van der Waals surface area (Å²) in [7, 11) is 0. The lowest BCUT2D eigenvalue weighted by molar-refractivity contribution is 0.0632. The minimum absolute atomic E-state index is 0.0885. The fourth-order valence-corrected chi connectivity index (χ4v) is 1.71. The molecule has 0 aliphatic heterocycles. The van der Waals surface area contributed by atoms with Crippen LogP contribution in [0.4, 0.5) is 10.7 Å². The van der Waals surface area contributed by atoms with E-state index >= 15 is 0 Å². The van der Waals surface area contributed by atoms with E-state index in [1.165, 1.54) is 0 Å². The number of rotatable bonds is 2. The Balaban J connectivity index is 2.23. The lowest BCUT2D eigenvalue weighted by atomic mass is 10.1. The Labute approximate surface area is 123 Å². The zero-order chi connectivity index (χ0) is 15.5. The van der Waals surface area contributed by atoms with Crippen molar-refractivity contribution in [3.8, 4) is 17.4 Å². The molecule has 2 aromatic rings. The lowest BCUT2D eigenvalue weighted by Gasteiger charge is -2.19. The first-order valence-electron chi connectivity index (χ1n) is 6.48. The highest BCUT2D eigenvalue weighted by molar-refractivity contribution is 5.85. The molecule has 0 saturated carbocycles. The molecule has 1 N–H and O–H groups in total. The molecule has 1 aromatic carbocycles. The fraction of sp³-hybridized carbons (Fsp3) is 0.250. The van der Waals surface area contributed by atoms with Crippen molar-refractivity contribution in [3.63, 3.8) is 0 Å². The topological polar surface area (TPSA) is 75.3 Å². The first kappa shape index (κ1) is 14.7. The summed E-state index contributed by atoms with van der Waals surface area (Å²) in [4.78, 5) is 11.7. The van der Waals surface area contributed by atoms with Crippen LogP contribution >= 0.6 is 0 Å². The predicted octanol–water partition coefficient (Wildman–Crippen LogP) is 4.17. The summed E-state index contributed by atoms with van der Waals surface area (Å²) in [5.41, 5.74) is 0.456. The number of amides is 1. The molecule has 2 rings (SSSR count). The van der Waals surface area contributed by atoms with E-state index in [1.807, 2.05) is 36.4 Å². The standard InChI is InChI=1S/C16H16N2O3/c1-16(2,3)21-15(19)18-14-12(10-17)9-13(20-14)11-7-5-4-6-8-11/h4-9H,1-3H3,(H,18,19). The van der Waals surface area contributed by atoms with Gasteiger partial charge in [0.15, 0.2) is 0 Å². The summed E-state index contributed by atoms with van der Waals surface area (Å²) < 4.78 is 10.7. The van der Waals surface area contributed by atoms with Crippen LogP contribution in [0.3, 0.4) is 0 Å². The van der Waals surface area contributed by atoms with Crippen LogP contribution in [-0.4, -0.2) is 11.7 Å². The van der Waals surface area contributed by atoms with Gasteiger partial charge in [0.25, 0.3) is 0 Å². The molecule has 108 valence electrons. The van der Waals surface area contributed by atoms with Gasteiger partial charge in [0, 0.05) is 11.6 Å². The average molecular weight is 284 g/mol. The lowest BCUT2D eigenvalue weighted by Crippen LogP contribution is -2.27. The fourth-order valence-electron chi connectivity index (χ4n) is 1.71. The third-order valence-electron chi connectivity index (χ3n) is 2.53. The van der Waals surface area contributed by atoms with Crippen LogP contribution in [0.1, 0.15) is 26.3 Å². The molecule has 0 atom stereocenters. The van der Waals surface area contributed by atoms with E-state index in [-0.39, 0.29) is 11.4 Å². The molecule has 1 aromatic heterocycles. The minimum atomic E-state index is -0.659. The number of nitriles is 1. The summed E-state index contributed by atoms with van der Waals surface area (Å²) in [6.07, 6.45) is -0.659. The number of anilines is 1. The van der Waals surface area contributed by atoms with Gasteiger partial charge in [-0.25, -0.2) is 4.79 Å². The van der Waals surface area contributed by atoms with Gasteiger partial charge < -0.3 is 9.15 Å². The number of hydrogen-bond donors (Lipinski definition) is 1. The zero-order valence-electron chi connectivity index (χ0n) is 12.1. The molecule has 1 amide bonds. The van der Waals surface area contributed by atoms with Crippen LogP contribution < -0.4 is 5.32 Å². The summed E-state index contributed by atoms with van der Waals surface area (Å²) in [6, 6.07) is 12.9. The van der Waals surface area contributed by atoms with Crippen LogP contribution in [0.25, 0.3) is 11.3 Å². The molecule has 0 fully saturated rings. The molecule has 0 spiro atoms. The second-order valence-corrected chi connectivity index (χ2v) is 5.46. The Bertz CT molecular complexity index is 676. The molecular weight excluding hydrogens is 268 g/mol. The van der Waals surface area contributed by atoms with Crippen LogP contribution in [0.15, 0.2) is 40.8 Å². The molecule has 1 heterocycles. The predicted molar refractivity (Wildman–Crippen MR) is 78.7 cm³/mol. The zero-order valence-corrected chi connectivity index (χ0v) is 12.1. The van der Waals surface area contributed by atoms with Gasteiger partial charge in [0.05, 0.1) is 0 Å². The molecule has 21 heavy (non-hydrogen) atoms. The van der Waals surface area contributed by atoms with Crippen LogP contribution in [0, 0.1) is 11.3 Å². The van der Waals surface area contributed by atoms with Gasteiger partial charge in [-0.3, -0.25) is 5.32 Å². The van der Waals surface area contributed by atoms with Crippen molar-refractivity contribution in [2.24, 2.45) is 0 Å². The van der Waals surface area contributed by atoms with Crippen molar-refractivity contribution < 1.29 is 13.9 Å².